The number of carbonyl (C=O) groups excluding carboxylic acids is 1. The van der Waals surface area contributed by atoms with Gasteiger partial charge in [-0.2, -0.15) is 0 Å². The summed E-state index contributed by atoms with van der Waals surface area (Å²) in [5, 5.41) is 0.455. The summed E-state index contributed by atoms with van der Waals surface area (Å²) in [4.78, 5) is 13.9. The van der Waals surface area contributed by atoms with Crippen molar-refractivity contribution >= 4 is 27.5 Å². The van der Waals surface area contributed by atoms with Gasteiger partial charge in [-0.05, 0) is 42.0 Å². The maximum atomic E-state index is 12.3. The van der Waals surface area contributed by atoms with E-state index < -0.39 is 10.0 Å². The third kappa shape index (κ3) is 6.67. The molecule has 0 aliphatic rings. The number of halogens is 1. The van der Waals surface area contributed by atoms with Gasteiger partial charge in [-0.15, -0.1) is 0 Å². The van der Waals surface area contributed by atoms with Gasteiger partial charge in [-0.3, -0.25) is 4.79 Å². The Hall–Kier alpha value is -2.35. The van der Waals surface area contributed by atoms with E-state index in [-0.39, 0.29) is 23.8 Å². The average molecular weight is 423 g/mol. The van der Waals surface area contributed by atoms with Crippen LogP contribution in [-0.2, 0) is 21.4 Å². The Balaban J connectivity index is 1.82. The second-order valence-electron chi connectivity index (χ2n) is 6.10. The van der Waals surface area contributed by atoms with Crippen molar-refractivity contribution < 1.29 is 17.9 Å². The van der Waals surface area contributed by atoms with Gasteiger partial charge < -0.3 is 9.64 Å². The maximum absolute atomic E-state index is 12.3. The first-order valence-electron chi connectivity index (χ1n) is 8.63. The Labute approximate surface area is 170 Å². The van der Waals surface area contributed by atoms with E-state index in [9.17, 15) is 13.2 Å². The van der Waals surface area contributed by atoms with E-state index in [0.717, 1.165) is 11.3 Å². The summed E-state index contributed by atoms with van der Waals surface area (Å²) >= 11 is 5.76. The van der Waals surface area contributed by atoms with Crippen LogP contribution in [0.2, 0.25) is 5.02 Å². The van der Waals surface area contributed by atoms with Crippen LogP contribution < -0.4 is 9.46 Å². The van der Waals surface area contributed by atoms with Gasteiger partial charge in [0.25, 0.3) is 0 Å². The zero-order valence-corrected chi connectivity index (χ0v) is 17.2. The molecule has 2 aromatic rings. The summed E-state index contributed by atoms with van der Waals surface area (Å²) in [7, 11) is -1.99. The SMILES string of the molecule is C=CCOc1ccc(CN(C)C(=O)CCNS(=O)(=O)c2ccc(Cl)cc2)cc1. The molecule has 150 valence electrons. The van der Waals surface area contributed by atoms with Gasteiger partial charge >= 0.3 is 0 Å². The van der Waals surface area contributed by atoms with Crippen LogP contribution in [0.4, 0.5) is 0 Å². The topological polar surface area (TPSA) is 75.7 Å². The van der Waals surface area contributed by atoms with E-state index in [1.54, 1.807) is 18.0 Å². The molecule has 0 aromatic heterocycles. The van der Waals surface area contributed by atoms with Gasteiger partial charge in [0.1, 0.15) is 12.4 Å². The normalized spacial score (nSPS) is 11.1. The quantitative estimate of drug-likeness (QED) is 0.596. The minimum absolute atomic E-state index is 0.0163. The Bertz CT molecular complexity index is 897. The van der Waals surface area contributed by atoms with Crippen molar-refractivity contribution in [1.29, 1.82) is 0 Å². The van der Waals surface area contributed by atoms with E-state index in [4.69, 9.17) is 16.3 Å². The average Bonchev–Trinajstić information content (AvgIpc) is 2.67. The van der Waals surface area contributed by atoms with Crippen molar-refractivity contribution in [3.05, 3.63) is 71.8 Å². The molecule has 8 heteroatoms. The van der Waals surface area contributed by atoms with Gasteiger partial charge in [-0.1, -0.05) is 36.4 Å². The molecule has 0 bridgehead atoms. The molecule has 0 saturated heterocycles. The van der Waals surface area contributed by atoms with Gasteiger partial charge in [-0.25, -0.2) is 13.1 Å². The van der Waals surface area contributed by atoms with Crippen molar-refractivity contribution in [1.82, 2.24) is 9.62 Å². The number of nitrogens with zero attached hydrogens (tertiary/aromatic N) is 1. The van der Waals surface area contributed by atoms with Crippen molar-refractivity contribution in [2.75, 3.05) is 20.2 Å². The summed E-state index contributed by atoms with van der Waals surface area (Å²) in [5.41, 5.74) is 0.948. The molecule has 0 radical (unpaired) electrons. The van der Waals surface area contributed by atoms with Crippen molar-refractivity contribution in [3.8, 4) is 5.75 Å². The van der Waals surface area contributed by atoms with Crippen LogP contribution in [0.25, 0.3) is 0 Å². The first-order chi connectivity index (χ1) is 13.3. The van der Waals surface area contributed by atoms with E-state index in [0.29, 0.717) is 18.2 Å². The lowest BCUT2D eigenvalue weighted by molar-refractivity contribution is -0.130. The zero-order valence-electron chi connectivity index (χ0n) is 15.6. The lowest BCUT2D eigenvalue weighted by Gasteiger charge is -2.18. The molecule has 0 aliphatic carbocycles. The highest BCUT2D eigenvalue weighted by Gasteiger charge is 2.15. The van der Waals surface area contributed by atoms with Crippen molar-refractivity contribution in [2.45, 2.75) is 17.9 Å². The number of amides is 1. The lowest BCUT2D eigenvalue weighted by atomic mass is 10.2. The number of benzene rings is 2. The second-order valence-corrected chi connectivity index (χ2v) is 8.30. The minimum Gasteiger partial charge on any atom is -0.490 e. The molecule has 1 N–H and O–H groups in total. The molecular formula is C20H23ClN2O4S. The number of hydrogen-bond acceptors (Lipinski definition) is 4. The van der Waals surface area contributed by atoms with E-state index in [1.807, 2.05) is 24.3 Å². The van der Waals surface area contributed by atoms with Crippen LogP contribution in [0.3, 0.4) is 0 Å². The number of sulfonamides is 1. The smallest absolute Gasteiger partial charge is 0.240 e. The van der Waals surface area contributed by atoms with Gasteiger partial charge in [0.2, 0.25) is 15.9 Å². The number of hydrogen-bond donors (Lipinski definition) is 1. The Morgan fingerprint density at radius 3 is 2.43 bits per heavy atom. The molecule has 0 heterocycles. The third-order valence-electron chi connectivity index (χ3n) is 3.89. The fourth-order valence-electron chi connectivity index (χ4n) is 2.39. The molecule has 1 amide bonds. The zero-order chi connectivity index (χ0) is 20.6. The monoisotopic (exact) mass is 422 g/mol. The Kier molecular flexibility index (Phi) is 8.04. The van der Waals surface area contributed by atoms with Crippen LogP contribution >= 0.6 is 11.6 Å². The molecule has 0 spiro atoms. The Morgan fingerprint density at radius 1 is 1.18 bits per heavy atom. The van der Waals surface area contributed by atoms with Crippen LogP contribution in [0.1, 0.15) is 12.0 Å². The van der Waals surface area contributed by atoms with Crippen molar-refractivity contribution in [2.24, 2.45) is 0 Å². The van der Waals surface area contributed by atoms with Crippen LogP contribution in [-0.4, -0.2) is 39.4 Å². The third-order valence-corrected chi connectivity index (χ3v) is 5.62. The highest BCUT2D eigenvalue weighted by molar-refractivity contribution is 7.89. The summed E-state index contributed by atoms with van der Waals surface area (Å²) < 4.78 is 32.2. The molecule has 28 heavy (non-hydrogen) atoms. The van der Waals surface area contributed by atoms with Gasteiger partial charge in [0.05, 0.1) is 4.90 Å². The molecule has 2 rings (SSSR count). The van der Waals surface area contributed by atoms with Crippen LogP contribution in [0.15, 0.2) is 66.1 Å². The van der Waals surface area contributed by atoms with E-state index in [2.05, 4.69) is 11.3 Å². The predicted octanol–water partition coefficient (Wildman–Crippen LogP) is 3.23. The first-order valence-corrected chi connectivity index (χ1v) is 10.5. The van der Waals surface area contributed by atoms with Crippen molar-refractivity contribution in [3.63, 3.8) is 0 Å². The fourth-order valence-corrected chi connectivity index (χ4v) is 3.55. The van der Waals surface area contributed by atoms with Crippen LogP contribution in [0.5, 0.6) is 5.75 Å². The lowest BCUT2D eigenvalue weighted by Crippen LogP contribution is -2.31. The largest absolute Gasteiger partial charge is 0.490 e. The number of rotatable bonds is 10. The highest BCUT2D eigenvalue weighted by atomic mass is 35.5. The minimum atomic E-state index is -3.67. The summed E-state index contributed by atoms with van der Waals surface area (Å²) in [5.74, 6) is 0.569. The van der Waals surface area contributed by atoms with Crippen LogP contribution in [0, 0.1) is 0 Å². The Morgan fingerprint density at radius 2 is 1.82 bits per heavy atom. The maximum Gasteiger partial charge on any atom is 0.240 e. The molecule has 2 aromatic carbocycles. The summed E-state index contributed by atoms with van der Waals surface area (Å²) in [6.07, 6.45) is 1.73. The fraction of sp³-hybridized carbons (Fsp3) is 0.250. The molecular weight excluding hydrogens is 400 g/mol. The summed E-state index contributed by atoms with van der Waals surface area (Å²) in [6.45, 7) is 4.47. The summed E-state index contributed by atoms with van der Waals surface area (Å²) in [6, 6.07) is 13.3. The standard InChI is InChI=1S/C20H23ClN2O4S/c1-3-14-27-18-8-4-16(5-9-18)15-23(2)20(24)12-13-22-28(25,26)19-10-6-17(21)7-11-19/h3-11,22H,1,12-15H2,2H3. The predicted molar refractivity (Wildman–Crippen MR) is 110 cm³/mol. The molecule has 6 nitrogen and oxygen atoms in total. The molecule has 0 aliphatic heterocycles. The molecule has 0 unspecified atom stereocenters. The van der Waals surface area contributed by atoms with Gasteiger partial charge in [0, 0.05) is 31.6 Å². The van der Waals surface area contributed by atoms with E-state index >= 15 is 0 Å². The van der Waals surface area contributed by atoms with E-state index in [1.165, 1.54) is 24.3 Å². The first kappa shape index (κ1) is 21.9. The number of nitrogens with one attached hydrogen (secondary N) is 1. The molecule has 0 atom stereocenters. The molecule has 0 fully saturated rings. The highest BCUT2D eigenvalue weighted by Crippen LogP contribution is 2.15. The second kappa shape index (κ2) is 10.3. The molecule has 0 saturated carbocycles. The number of ether oxygens (including phenoxy) is 1. The number of carbonyl (C=O) groups is 1. The van der Waals surface area contributed by atoms with Gasteiger partial charge in [0.15, 0.2) is 0 Å².